The van der Waals surface area contributed by atoms with E-state index in [2.05, 4.69) is 20.8 Å². The van der Waals surface area contributed by atoms with Crippen molar-refractivity contribution in [3.8, 4) is 0 Å². The van der Waals surface area contributed by atoms with Gasteiger partial charge >= 0.3 is 0 Å². The van der Waals surface area contributed by atoms with E-state index >= 15 is 0 Å². The second kappa shape index (κ2) is 7.42. The molecule has 1 fully saturated rings. The minimum atomic E-state index is -2.76. The van der Waals surface area contributed by atoms with Crippen molar-refractivity contribution in [3.63, 3.8) is 0 Å². The highest BCUT2D eigenvalue weighted by atomic mass is 35.5. The number of hydrogen-bond acceptors (Lipinski definition) is 4. The molecule has 1 aliphatic rings. The largest absolute Gasteiger partial charge is 0.372 e. The summed E-state index contributed by atoms with van der Waals surface area (Å²) in [5, 5.41) is 11.9. The molecule has 0 aliphatic carbocycles. The molecule has 0 saturated carbocycles. The number of morpholine rings is 1. The van der Waals surface area contributed by atoms with Gasteiger partial charge in [-0.25, -0.2) is 13.2 Å². The molecule has 5 nitrogen and oxygen atoms in total. The number of thiocarbonyl (C=S) groups is 1. The van der Waals surface area contributed by atoms with E-state index in [0.29, 0.717) is 10.7 Å². The van der Waals surface area contributed by atoms with Crippen molar-refractivity contribution in [2.24, 2.45) is 0 Å². The van der Waals surface area contributed by atoms with Gasteiger partial charge in [-0.3, -0.25) is 5.10 Å². The molecule has 3 N–H and O–H groups in total. The lowest BCUT2D eigenvalue weighted by Gasteiger charge is -2.36. The van der Waals surface area contributed by atoms with Crippen LogP contribution in [-0.4, -0.2) is 34.8 Å². The zero-order valence-electron chi connectivity index (χ0n) is 13.7. The number of halogens is 4. The molecule has 3 rings (SSSR count). The van der Waals surface area contributed by atoms with Crippen molar-refractivity contribution >= 4 is 34.5 Å². The molecule has 140 valence electrons. The first kappa shape index (κ1) is 18.9. The van der Waals surface area contributed by atoms with Crippen LogP contribution in [0.25, 0.3) is 0 Å². The average molecular weight is 405 g/mol. The monoisotopic (exact) mass is 404 g/mol. The Hall–Kier alpha value is -1.84. The number of benzene rings is 1. The Morgan fingerprint density at radius 2 is 2.19 bits per heavy atom. The fourth-order valence-corrected chi connectivity index (χ4v) is 3.37. The Balaban J connectivity index is 1.92. The van der Waals surface area contributed by atoms with Crippen LogP contribution in [0, 0.1) is 5.82 Å². The summed E-state index contributed by atoms with van der Waals surface area (Å²) < 4.78 is 46.8. The molecule has 10 heteroatoms. The van der Waals surface area contributed by atoms with Gasteiger partial charge in [0.1, 0.15) is 16.8 Å². The Morgan fingerprint density at radius 3 is 2.81 bits per heavy atom. The average Bonchev–Trinajstić information content (AvgIpc) is 2.99. The number of nitrogens with zero attached hydrogens (tertiary/aromatic N) is 1. The quantitative estimate of drug-likeness (QED) is 0.662. The highest BCUT2D eigenvalue weighted by Gasteiger charge is 2.34. The summed E-state index contributed by atoms with van der Waals surface area (Å²) in [6.45, 7) is 2.19. The van der Waals surface area contributed by atoms with Gasteiger partial charge in [-0.1, -0.05) is 23.8 Å². The highest BCUT2D eigenvalue weighted by molar-refractivity contribution is 7.80. The summed E-state index contributed by atoms with van der Waals surface area (Å²) in [7, 11) is 0. The maximum Gasteiger partial charge on any atom is 0.264 e. The fraction of sp³-hybridized carbons (Fsp3) is 0.375. The number of H-pyrrole nitrogens is 1. The summed E-state index contributed by atoms with van der Waals surface area (Å²) >= 11 is 11.0. The van der Waals surface area contributed by atoms with Gasteiger partial charge in [0, 0.05) is 11.3 Å². The van der Waals surface area contributed by atoms with Crippen molar-refractivity contribution < 1.29 is 17.9 Å². The summed E-state index contributed by atoms with van der Waals surface area (Å²) in [5.41, 5.74) is -0.285. The molecule has 1 aromatic heterocycles. The predicted octanol–water partition coefficient (Wildman–Crippen LogP) is 3.78. The highest BCUT2D eigenvalue weighted by Crippen LogP contribution is 2.32. The number of aromatic nitrogens is 2. The van der Waals surface area contributed by atoms with Gasteiger partial charge in [0.05, 0.1) is 35.7 Å². The van der Waals surface area contributed by atoms with Crippen molar-refractivity contribution in [2.75, 3.05) is 18.5 Å². The van der Waals surface area contributed by atoms with Crippen molar-refractivity contribution in [3.05, 3.63) is 46.5 Å². The maximum atomic E-state index is 14.4. The molecule has 2 atom stereocenters. The Bertz CT molecular complexity index is 819. The molecule has 0 spiro atoms. The van der Waals surface area contributed by atoms with Crippen molar-refractivity contribution in [1.82, 2.24) is 15.5 Å². The zero-order chi connectivity index (χ0) is 18.9. The first-order valence-corrected chi connectivity index (χ1v) is 8.51. The summed E-state index contributed by atoms with van der Waals surface area (Å²) in [6, 6.07) is 2.62. The molecule has 26 heavy (non-hydrogen) atoms. The number of hydrogen-bond donors (Lipinski definition) is 3. The molecule has 2 unspecified atom stereocenters. The van der Waals surface area contributed by atoms with Crippen LogP contribution in [0.3, 0.4) is 0 Å². The first-order chi connectivity index (χ1) is 12.3. The van der Waals surface area contributed by atoms with Crippen LogP contribution in [0.2, 0.25) is 5.02 Å². The normalized spacial score (nSPS) is 21.5. The minimum Gasteiger partial charge on any atom is -0.372 e. The first-order valence-electron chi connectivity index (χ1n) is 7.72. The second-order valence-corrected chi connectivity index (χ2v) is 7.06. The van der Waals surface area contributed by atoms with E-state index in [0.717, 1.165) is 0 Å². The smallest absolute Gasteiger partial charge is 0.264 e. The Kier molecular flexibility index (Phi) is 5.40. The molecule has 1 aromatic carbocycles. The third-order valence-corrected chi connectivity index (χ3v) is 4.63. The van der Waals surface area contributed by atoms with Gasteiger partial charge in [0.25, 0.3) is 6.43 Å². The predicted molar refractivity (Wildman–Crippen MR) is 96.3 cm³/mol. The van der Waals surface area contributed by atoms with Gasteiger partial charge in [0.15, 0.2) is 0 Å². The minimum absolute atomic E-state index is 0.0547. The van der Waals surface area contributed by atoms with Crippen LogP contribution in [-0.2, 0) is 10.3 Å². The van der Waals surface area contributed by atoms with Crippen LogP contribution in [0.1, 0.15) is 24.2 Å². The molecular weight excluding hydrogens is 389 g/mol. The summed E-state index contributed by atoms with van der Waals surface area (Å²) in [4.78, 5) is 0.450. The van der Waals surface area contributed by atoms with E-state index in [-0.39, 0.29) is 29.5 Å². The van der Waals surface area contributed by atoms with E-state index in [1.165, 1.54) is 24.4 Å². The molecule has 1 saturated heterocycles. The Morgan fingerprint density at radius 1 is 1.42 bits per heavy atom. The molecule has 2 aromatic rings. The lowest BCUT2D eigenvalue weighted by atomic mass is 9.91. The van der Waals surface area contributed by atoms with Gasteiger partial charge < -0.3 is 15.4 Å². The molecule has 0 radical (unpaired) electrons. The van der Waals surface area contributed by atoms with E-state index in [4.69, 9.17) is 28.6 Å². The number of nitrogens with one attached hydrogen (secondary N) is 3. The number of ether oxygens (including phenoxy) is 1. The lowest BCUT2D eigenvalue weighted by Crippen LogP contribution is -2.52. The molecular formula is C16H16ClF3N4OS. The Labute approximate surface area is 158 Å². The number of aromatic amines is 1. The van der Waals surface area contributed by atoms with Crippen LogP contribution in [0.4, 0.5) is 18.9 Å². The molecule has 2 heterocycles. The van der Waals surface area contributed by atoms with Crippen LogP contribution >= 0.6 is 23.8 Å². The second-order valence-electron chi connectivity index (χ2n) is 6.16. The standard InChI is InChI=1S/C16H16ClF3N4OS/c1-16(7-25-6-12(26)23-16)9-4-8(2-3-11(9)18)22-14(15(19)20)13-10(17)5-21-24-13/h2-5,14-15,22H,6-7H2,1H3,(H,21,24)(H,23,26). The third kappa shape index (κ3) is 3.79. The zero-order valence-corrected chi connectivity index (χ0v) is 15.2. The van der Waals surface area contributed by atoms with Crippen molar-refractivity contribution in [1.29, 1.82) is 0 Å². The third-order valence-electron chi connectivity index (χ3n) is 4.11. The number of alkyl halides is 2. The topological polar surface area (TPSA) is 62.0 Å². The van der Waals surface area contributed by atoms with Gasteiger partial charge in [-0.2, -0.15) is 5.10 Å². The van der Waals surface area contributed by atoms with Gasteiger partial charge in [0.2, 0.25) is 0 Å². The van der Waals surface area contributed by atoms with Gasteiger partial charge in [-0.15, -0.1) is 0 Å². The van der Waals surface area contributed by atoms with Crippen LogP contribution in [0.5, 0.6) is 0 Å². The van der Waals surface area contributed by atoms with Gasteiger partial charge in [-0.05, 0) is 25.1 Å². The maximum absolute atomic E-state index is 14.4. The number of anilines is 1. The van der Waals surface area contributed by atoms with E-state index in [9.17, 15) is 13.2 Å². The van der Waals surface area contributed by atoms with E-state index < -0.39 is 23.8 Å². The molecule has 0 amide bonds. The van der Waals surface area contributed by atoms with E-state index in [1.54, 1.807) is 6.92 Å². The summed E-state index contributed by atoms with van der Waals surface area (Å²) in [5.74, 6) is -0.494. The number of rotatable bonds is 5. The van der Waals surface area contributed by atoms with Crippen LogP contribution in [0.15, 0.2) is 24.4 Å². The fourth-order valence-electron chi connectivity index (χ4n) is 2.85. The molecule has 0 bridgehead atoms. The van der Waals surface area contributed by atoms with Crippen LogP contribution < -0.4 is 10.6 Å². The van der Waals surface area contributed by atoms with E-state index in [1.807, 2.05) is 0 Å². The van der Waals surface area contributed by atoms with Crippen molar-refractivity contribution in [2.45, 2.75) is 24.9 Å². The molecule has 1 aliphatic heterocycles. The lowest BCUT2D eigenvalue weighted by molar-refractivity contribution is 0.0857. The summed E-state index contributed by atoms with van der Waals surface area (Å²) in [6.07, 6.45) is -1.52. The SMILES string of the molecule is CC1(c2cc(NC(c3[nH]ncc3Cl)C(F)F)ccc2F)COCC(=S)N1.